The molecule has 1 aliphatic rings. The molecule has 1 aliphatic carbocycles. The molecule has 0 heterocycles. The highest BCUT2D eigenvalue weighted by atomic mass is 16.3. The molecule has 0 saturated heterocycles. The Morgan fingerprint density at radius 1 is 1.39 bits per heavy atom. The van der Waals surface area contributed by atoms with Gasteiger partial charge in [0.2, 0.25) is 0 Å². The van der Waals surface area contributed by atoms with E-state index < -0.39 is 0 Å². The number of carbonyl (C=O) groups excluding carboxylic acids is 1. The Hall–Kier alpha value is -0.410. The minimum Gasteiger partial charge on any atom is -0.393 e. The van der Waals surface area contributed by atoms with Crippen LogP contribution in [0, 0.1) is 17.8 Å². The molecule has 3 unspecified atom stereocenters. The SMILES string of the molecule is CC(O)CCN(C)CC1CC(C(C)C)CCC1=O. The van der Waals surface area contributed by atoms with Crippen molar-refractivity contribution in [3.8, 4) is 0 Å². The number of hydrogen-bond donors (Lipinski definition) is 1. The second kappa shape index (κ2) is 7.25. The van der Waals surface area contributed by atoms with Gasteiger partial charge in [0.15, 0.2) is 0 Å². The standard InChI is InChI=1S/C15H29NO2/c1-11(2)13-5-6-15(18)14(9-13)10-16(4)8-7-12(3)17/h11-14,17H,5-10H2,1-4H3. The monoisotopic (exact) mass is 255 g/mol. The van der Waals surface area contributed by atoms with Crippen molar-refractivity contribution in [1.82, 2.24) is 4.90 Å². The first-order valence-electron chi connectivity index (χ1n) is 7.29. The highest BCUT2D eigenvalue weighted by Crippen LogP contribution is 2.31. The Labute approximate surface area is 112 Å². The molecule has 0 aromatic carbocycles. The van der Waals surface area contributed by atoms with Gasteiger partial charge in [-0.3, -0.25) is 4.79 Å². The van der Waals surface area contributed by atoms with Crippen LogP contribution in [0.4, 0.5) is 0 Å². The van der Waals surface area contributed by atoms with Crippen molar-refractivity contribution < 1.29 is 9.90 Å². The van der Waals surface area contributed by atoms with E-state index in [1.807, 2.05) is 6.92 Å². The van der Waals surface area contributed by atoms with Crippen molar-refractivity contribution in [1.29, 1.82) is 0 Å². The number of nitrogens with zero attached hydrogens (tertiary/aromatic N) is 1. The van der Waals surface area contributed by atoms with Gasteiger partial charge in [-0.05, 0) is 45.1 Å². The predicted octanol–water partition coefficient (Wildman–Crippen LogP) is 2.33. The second-order valence-corrected chi connectivity index (χ2v) is 6.34. The zero-order valence-corrected chi connectivity index (χ0v) is 12.4. The van der Waals surface area contributed by atoms with Crippen molar-refractivity contribution in [2.45, 2.75) is 52.6 Å². The summed E-state index contributed by atoms with van der Waals surface area (Å²) in [7, 11) is 2.05. The molecule has 106 valence electrons. The van der Waals surface area contributed by atoms with Crippen LogP contribution in [0.5, 0.6) is 0 Å². The van der Waals surface area contributed by atoms with Crippen LogP contribution in [0.25, 0.3) is 0 Å². The first-order chi connectivity index (χ1) is 8.40. The Bertz CT molecular complexity index is 263. The van der Waals surface area contributed by atoms with Crippen molar-refractivity contribution in [3.05, 3.63) is 0 Å². The highest BCUT2D eigenvalue weighted by molar-refractivity contribution is 5.81. The molecule has 3 atom stereocenters. The van der Waals surface area contributed by atoms with Gasteiger partial charge in [-0.25, -0.2) is 0 Å². The molecule has 18 heavy (non-hydrogen) atoms. The van der Waals surface area contributed by atoms with Crippen LogP contribution >= 0.6 is 0 Å². The van der Waals surface area contributed by atoms with Gasteiger partial charge in [0.25, 0.3) is 0 Å². The maximum atomic E-state index is 12.0. The van der Waals surface area contributed by atoms with E-state index >= 15 is 0 Å². The number of aliphatic hydroxyl groups is 1. The number of carbonyl (C=O) groups is 1. The lowest BCUT2D eigenvalue weighted by atomic mass is 9.75. The molecule has 3 heteroatoms. The molecule has 0 aromatic rings. The van der Waals surface area contributed by atoms with Crippen LogP contribution < -0.4 is 0 Å². The van der Waals surface area contributed by atoms with Crippen molar-refractivity contribution >= 4 is 5.78 Å². The third-order valence-electron chi connectivity index (χ3n) is 4.21. The van der Waals surface area contributed by atoms with Crippen LogP contribution in [0.15, 0.2) is 0 Å². The van der Waals surface area contributed by atoms with Crippen molar-refractivity contribution in [3.63, 3.8) is 0 Å². The Kier molecular flexibility index (Phi) is 6.30. The van der Waals surface area contributed by atoms with Crippen LogP contribution in [-0.2, 0) is 4.79 Å². The Morgan fingerprint density at radius 2 is 2.06 bits per heavy atom. The Balaban J connectivity index is 2.40. The fourth-order valence-electron chi connectivity index (χ4n) is 2.80. The quantitative estimate of drug-likeness (QED) is 0.792. The fraction of sp³-hybridized carbons (Fsp3) is 0.933. The molecule has 0 radical (unpaired) electrons. The van der Waals surface area contributed by atoms with Gasteiger partial charge in [-0.2, -0.15) is 0 Å². The van der Waals surface area contributed by atoms with E-state index in [1.165, 1.54) is 0 Å². The number of rotatable bonds is 6. The summed E-state index contributed by atoms with van der Waals surface area (Å²) in [5.41, 5.74) is 0. The molecule has 3 nitrogen and oxygen atoms in total. The van der Waals surface area contributed by atoms with Crippen molar-refractivity contribution in [2.75, 3.05) is 20.1 Å². The average molecular weight is 255 g/mol. The van der Waals surface area contributed by atoms with E-state index in [0.29, 0.717) is 17.6 Å². The van der Waals surface area contributed by atoms with E-state index in [-0.39, 0.29) is 12.0 Å². The van der Waals surface area contributed by atoms with E-state index in [2.05, 4.69) is 25.8 Å². The molecule has 1 N–H and O–H groups in total. The molecule has 0 bridgehead atoms. The molecule has 1 fully saturated rings. The van der Waals surface area contributed by atoms with Gasteiger partial charge in [0, 0.05) is 25.4 Å². The molecule has 0 aliphatic heterocycles. The average Bonchev–Trinajstić information content (AvgIpc) is 2.29. The summed E-state index contributed by atoms with van der Waals surface area (Å²) >= 11 is 0. The smallest absolute Gasteiger partial charge is 0.137 e. The fourth-order valence-corrected chi connectivity index (χ4v) is 2.80. The van der Waals surface area contributed by atoms with Crippen molar-refractivity contribution in [2.24, 2.45) is 17.8 Å². The summed E-state index contributed by atoms with van der Waals surface area (Å²) < 4.78 is 0. The summed E-state index contributed by atoms with van der Waals surface area (Å²) in [5.74, 6) is 2.04. The van der Waals surface area contributed by atoms with E-state index in [0.717, 1.165) is 38.8 Å². The maximum absolute atomic E-state index is 12.0. The zero-order chi connectivity index (χ0) is 13.7. The van der Waals surface area contributed by atoms with E-state index in [1.54, 1.807) is 0 Å². The lowest BCUT2D eigenvalue weighted by Crippen LogP contribution is -2.36. The zero-order valence-electron chi connectivity index (χ0n) is 12.4. The van der Waals surface area contributed by atoms with Crippen LogP contribution in [0.1, 0.15) is 46.5 Å². The topological polar surface area (TPSA) is 40.5 Å². The summed E-state index contributed by atoms with van der Waals surface area (Å²) in [6, 6.07) is 0. The molecule has 0 spiro atoms. The molecule has 0 aromatic heterocycles. The largest absolute Gasteiger partial charge is 0.393 e. The summed E-state index contributed by atoms with van der Waals surface area (Å²) in [4.78, 5) is 14.2. The van der Waals surface area contributed by atoms with Gasteiger partial charge in [-0.15, -0.1) is 0 Å². The minimum absolute atomic E-state index is 0.213. The second-order valence-electron chi connectivity index (χ2n) is 6.34. The summed E-state index contributed by atoms with van der Waals surface area (Å²) in [6.07, 6.45) is 3.42. The van der Waals surface area contributed by atoms with Gasteiger partial charge >= 0.3 is 0 Å². The summed E-state index contributed by atoms with van der Waals surface area (Å²) in [5, 5.41) is 9.28. The third-order valence-corrected chi connectivity index (χ3v) is 4.21. The summed E-state index contributed by atoms with van der Waals surface area (Å²) in [6.45, 7) is 8.06. The first-order valence-corrected chi connectivity index (χ1v) is 7.29. The van der Waals surface area contributed by atoms with Crippen LogP contribution in [0.2, 0.25) is 0 Å². The molecule has 0 amide bonds. The normalized spacial score (nSPS) is 26.9. The third kappa shape index (κ3) is 5.07. The first kappa shape index (κ1) is 15.6. The number of aliphatic hydroxyl groups excluding tert-OH is 1. The predicted molar refractivity (Wildman–Crippen MR) is 74.5 cm³/mol. The van der Waals surface area contributed by atoms with E-state index in [4.69, 9.17) is 0 Å². The van der Waals surface area contributed by atoms with Gasteiger partial charge in [-0.1, -0.05) is 13.8 Å². The minimum atomic E-state index is -0.252. The number of ketones is 1. The Morgan fingerprint density at radius 3 is 2.61 bits per heavy atom. The number of hydrogen-bond acceptors (Lipinski definition) is 3. The van der Waals surface area contributed by atoms with Crippen LogP contribution in [-0.4, -0.2) is 42.0 Å². The highest BCUT2D eigenvalue weighted by Gasteiger charge is 2.30. The lowest BCUT2D eigenvalue weighted by Gasteiger charge is -2.33. The maximum Gasteiger partial charge on any atom is 0.137 e. The molecule has 1 saturated carbocycles. The lowest BCUT2D eigenvalue weighted by molar-refractivity contribution is -0.126. The van der Waals surface area contributed by atoms with Gasteiger partial charge in [0.05, 0.1) is 6.10 Å². The van der Waals surface area contributed by atoms with Gasteiger partial charge < -0.3 is 10.0 Å². The molecular formula is C15H29NO2. The van der Waals surface area contributed by atoms with E-state index in [9.17, 15) is 9.90 Å². The molecular weight excluding hydrogens is 226 g/mol. The number of Topliss-reactive ketones (excluding diaryl/α,β-unsaturated/α-hetero) is 1. The molecule has 1 rings (SSSR count). The van der Waals surface area contributed by atoms with Gasteiger partial charge in [0.1, 0.15) is 5.78 Å². The van der Waals surface area contributed by atoms with Crippen LogP contribution in [0.3, 0.4) is 0 Å².